The molecule has 4 rings (SSSR count). The number of allylic oxidation sites excluding steroid dienone is 1. The molecule has 2 aromatic carbocycles. The summed E-state index contributed by atoms with van der Waals surface area (Å²) in [5, 5.41) is 25.4. The molecule has 1 unspecified atom stereocenters. The molecule has 0 fully saturated rings. The highest BCUT2D eigenvalue weighted by Crippen LogP contribution is 2.44. The number of aromatic nitrogens is 1. The van der Waals surface area contributed by atoms with Crippen LogP contribution in [0, 0.1) is 27.3 Å². The number of hydrogen-bond acceptors (Lipinski definition) is 5. The third-order valence-electron chi connectivity index (χ3n) is 4.88. The van der Waals surface area contributed by atoms with Gasteiger partial charge in [0.05, 0.1) is 16.6 Å². The average Bonchev–Trinajstić information content (AvgIpc) is 3.15. The van der Waals surface area contributed by atoms with Gasteiger partial charge in [-0.2, -0.15) is 5.26 Å². The van der Waals surface area contributed by atoms with Crippen molar-refractivity contribution in [1.29, 1.82) is 5.26 Å². The lowest BCUT2D eigenvalue weighted by atomic mass is 9.85. The SMILES string of the molecule is CNC1=C([N+](=O)[O-])C(c2ccc(F)cc2)C(C#N)=C(c2c[nH]c3ccc(Br)cc23)O1. The monoisotopic (exact) mass is 468 g/mol. The lowest BCUT2D eigenvalue weighted by molar-refractivity contribution is -0.433. The van der Waals surface area contributed by atoms with E-state index in [2.05, 4.69) is 32.3 Å². The van der Waals surface area contributed by atoms with E-state index in [-0.39, 0.29) is 22.9 Å². The van der Waals surface area contributed by atoms with E-state index in [9.17, 15) is 19.8 Å². The number of nitro groups is 1. The highest BCUT2D eigenvalue weighted by Gasteiger charge is 2.42. The molecule has 2 N–H and O–H groups in total. The molecule has 0 spiro atoms. The molecule has 7 nitrogen and oxygen atoms in total. The number of hydrogen-bond donors (Lipinski definition) is 2. The van der Waals surface area contributed by atoms with Crippen molar-refractivity contribution >= 4 is 32.6 Å². The lowest BCUT2D eigenvalue weighted by Gasteiger charge is -2.25. The topological polar surface area (TPSA) is 104 Å². The van der Waals surface area contributed by atoms with Crippen LogP contribution in [0.1, 0.15) is 17.0 Å². The Bertz CT molecular complexity index is 1270. The molecule has 0 amide bonds. The third kappa shape index (κ3) is 3.21. The molecular weight excluding hydrogens is 455 g/mol. The van der Waals surface area contributed by atoms with E-state index in [0.29, 0.717) is 11.1 Å². The largest absolute Gasteiger partial charge is 0.434 e. The van der Waals surface area contributed by atoms with Gasteiger partial charge in [0, 0.05) is 34.2 Å². The first kappa shape index (κ1) is 19.7. The maximum Gasteiger partial charge on any atom is 0.318 e. The highest BCUT2D eigenvalue weighted by atomic mass is 79.9. The van der Waals surface area contributed by atoms with Crippen molar-refractivity contribution in [3.05, 3.63) is 97.3 Å². The van der Waals surface area contributed by atoms with Crippen LogP contribution in [0.2, 0.25) is 0 Å². The number of aromatic amines is 1. The van der Waals surface area contributed by atoms with Crippen LogP contribution in [-0.4, -0.2) is 17.0 Å². The summed E-state index contributed by atoms with van der Waals surface area (Å²) in [6, 6.07) is 13.0. The average molecular weight is 469 g/mol. The standard InChI is InChI=1S/C21H14BrFN4O3/c1-25-21-19(27(28)29)18(11-2-5-13(23)6-3-11)15(9-24)20(30-21)16-10-26-17-7-4-12(22)8-14(16)17/h2-8,10,18,25-26H,1H3. The van der Waals surface area contributed by atoms with Crippen LogP contribution in [0.15, 0.2) is 70.3 Å². The predicted octanol–water partition coefficient (Wildman–Crippen LogP) is 4.78. The van der Waals surface area contributed by atoms with Gasteiger partial charge in [-0.15, -0.1) is 0 Å². The molecule has 0 saturated heterocycles. The number of benzene rings is 2. The fraction of sp³-hybridized carbons (Fsp3) is 0.0952. The Balaban J connectivity index is 2.01. The lowest BCUT2D eigenvalue weighted by Crippen LogP contribution is -2.26. The van der Waals surface area contributed by atoms with E-state index in [4.69, 9.17) is 4.74 Å². The Labute approximate surface area is 178 Å². The molecule has 1 aliphatic rings. The molecule has 0 saturated carbocycles. The molecule has 2 heterocycles. The fourth-order valence-corrected chi connectivity index (χ4v) is 3.91. The third-order valence-corrected chi connectivity index (χ3v) is 5.37. The summed E-state index contributed by atoms with van der Waals surface area (Å²) in [5.74, 6) is -1.39. The van der Waals surface area contributed by atoms with Gasteiger partial charge in [-0.1, -0.05) is 28.1 Å². The number of nitriles is 1. The van der Waals surface area contributed by atoms with Crippen molar-refractivity contribution < 1.29 is 14.1 Å². The quantitative estimate of drug-likeness (QED) is 0.423. The van der Waals surface area contributed by atoms with Gasteiger partial charge in [-0.05, 0) is 35.9 Å². The Morgan fingerprint density at radius 3 is 2.67 bits per heavy atom. The second-order valence-electron chi connectivity index (χ2n) is 6.55. The van der Waals surface area contributed by atoms with E-state index in [1.54, 1.807) is 6.20 Å². The maximum atomic E-state index is 13.5. The van der Waals surface area contributed by atoms with Crippen LogP contribution in [0.3, 0.4) is 0 Å². The van der Waals surface area contributed by atoms with Crippen LogP contribution in [-0.2, 0) is 4.74 Å². The number of nitrogens with zero attached hydrogens (tertiary/aromatic N) is 2. The first-order valence-electron chi connectivity index (χ1n) is 8.85. The van der Waals surface area contributed by atoms with Crippen LogP contribution in [0.4, 0.5) is 4.39 Å². The number of rotatable bonds is 4. The Morgan fingerprint density at radius 2 is 2.03 bits per heavy atom. The zero-order chi connectivity index (χ0) is 21.4. The van der Waals surface area contributed by atoms with E-state index < -0.39 is 16.7 Å². The van der Waals surface area contributed by atoms with Gasteiger partial charge < -0.3 is 15.0 Å². The molecule has 0 aliphatic carbocycles. The van der Waals surface area contributed by atoms with E-state index in [1.165, 1.54) is 31.3 Å². The van der Waals surface area contributed by atoms with Crippen molar-refractivity contribution in [2.75, 3.05) is 7.05 Å². The zero-order valence-corrected chi connectivity index (χ0v) is 17.2. The molecule has 30 heavy (non-hydrogen) atoms. The van der Waals surface area contributed by atoms with Gasteiger partial charge in [0.2, 0.25) is 0 Å². The van der Waals surface area contributed by atoms with Crippen LogP contribution in [0.5, 0.6) is 0 Å². The van der Waals surface area contributed by atoms with Crippen molar-refractivity contribution in [2.24, 2.45) is 0 Å². The minimum absolute atomic E-state index is 0.0631. The molecule has 9 heteroatoms. The minimum Gasteiger partial charge on any atom is -0.434 e. The fourth-order valence-electron chi connectivity index (χ4n) is 3.55. The number of ether oxygens (including phenoxy) is 1. The molecule has 1 aromatic heterocycles. The van der Waals surface area contributed by atoms with Crippen LogP contribution < -0.4 is 5.32 Å². The Kier molecular flexibility index (Phi) is 5.01. The van der Waals surface area contributed by atoms with Crippen LogP contribution in [0.25, 0.3) is 16.7 Å². The first-order valence-corrected chi connectivity index (χ1v) is 9.64. The van der Waals surface area contributed by atoms with E-state index >= 15 is 0 Å². The van der Waals surface area contributed by atoms with E-state index in [1.807, 2.05) is 18.2 Å². The van der Waals surface area contributed by atoms with Gasteiger partial charge in [-0.3, -0.25) is 10.1 Å². The van der Waals surface area contributed by atoms with Crippen LogP contribution >= 0.6 is 15.9 Å². The summed E-state index contributed by atoms with van der Waals surface area (Å²) in [6.07, 6.45) is 1.69. The molecule has 1 atom stereocenters. The normalized spacial score (nSPS) is 16.4. The first-order chi connectivity index (χ1) is 14.4. The van der Waals surface area contributed by atoms with Gasteiger partial charge in [-0.25, -0.2) is 4.39 Å². The van der Waals surface area contributed by atoms with Gasteiger partial charge in [0.15, 0.2) is 5.76 Å². The number of H-pyrrole nitrogens is 1. The van der Waals surface area contributed by atoms with Crippen molar-refractivity contribution in [3.8, 4) is 6.07 Å². The van der Waals surface area contributed by atoms with Gasteiger partial charge >= 0.3 is 5.70 Å². The Hall–Kier alpha value is -3.64. The Morgan fingerprint density at radius 1 is 1.30 bits per heavy atom. The number of fused-ring (bicyclic) bond motifs is 1. The summed E-state index contributed by atoms with van der Waals surface area (Å²) in [5.41, 5.74) is 1.56. The molecule has 0 radical (unpaired) electrons. The van der Waals surface area contributed by atoms with Crippen molar-refractivity contribution in [2.45, 2.75) is 5.92 Å². The van der Waals surface area contributed by atoms with E-state index in [0.717, 1.165) is 15.4 Å². The zero-order valence-electron chi connectivity index (χ0n) is 15.6. The summed E-state index contributed by atoms with van der Waals surface area (Å²) >= 11 is 3.43. The minimum atomic E-state index is -1.03. The van der Waals surface area contributed by atoms with Gasteiger partial charge in [0.1, 0.15) is 11.7 Å². The summed E-state index contributed by atoms with van der Waals surface area (Å²) in [4.78, 5) is 14.4. The second-order valence-corrected chi connectivity index (χ2v) is 7.47. The molecular formula is C21H14BrFN4O3. The maximum absolute atomic E-state index is 13.5. The van der Waals surface area contributed by atoms with Crippen molar-refractivity contribution in [1.82, 2.24) is 10.3 Å². The van der Waals surface area contributed by atoms with Gasteiger partial charge in [0.25, 0.3) is 5.88 Å². The molecule has 3 aromatic rings. The summed E-state index contributed by atoms with van der Waals surface area (Å²) in [6.45, 7) is 0. The molecule has 150 valence electrons. The second kappa shape index (κ2) is 7.65. The number of halogens is 2. The summed E-state index contributed by atoms with van der Waals surface area (Å²) in [7, 11) is 1.50. The summed E-state index contributed by atoms with van der Waals surface area (Å²) < 4.78 is 20.2. The number of nitrogens with one attached hydrogen (secondary N) is 2. The smallest absolute Gasteiger partial charge is 0.318 e. The highest BCUT2D eigenvalue weighted by molar-refractivity contribution is 9.10. The molecule has 0 bridgehead atoms. The molecule has 1 aliphatic heterocycles. The van der Waals surface area contributed by atoms with Crippen molar-refractivity contribution in [3.63, 3.8) is 0 Å². The predicted molar refractivity (Wildman–Crippen MR) is 112 cm³/mol.